The quantitative estimate of drug-likeness (QED) is 0.839. The Bertz CT molecular complexity index is 675. The molecule has 0 aliphatic carbocycles. The molecule has 0 bridgehead atoms. The van der Waals surface area contributed by atoms with Gasteiger partial charge in [0.25, 0.3) is 0 Å². The molecule has 128 valence electrons. The van der Waals surface area contributed by atoms with E-state index >= 15 is 0 Å². The third-order valence-electron chi connectivity index (χ3n) is 4.84. The molecule has 0 N–H and O–H groups in total. The molecule has 2 fully saturated rings. The number of aryl methyl sites for hydroxylation is 1. The first kappa shape index (κ1) is 15.7. The molecule has 0 unspecified atom stereocenters. The lowest BCUT2D eigenvalue weighted by Crippen LogP contribution is -2.33. The number of hydrogen-bond acceptors (Lipinski definition) is 6. The van der Waals surface area contributed by atoms with Crippen molar-refractivity contribution in [3.63, 3.8) is 0 Å². The Morgan fingerprint density at radius 3 is 3.21 bits per heavy atom. The molecule has 2 aliphatic heterocycles. The van der Waals surface area contributed by atoms with Crippen LogP contribution < -0.4 is 0 Å². The lowest BCUT2D eigenvalue weighted by atomic mass is 9.98. The molecule has 4 rings (SSSR count). The third-order valence-corrected chi connectivity index (χ3v) is 4.84. The SMILES string of the molecule is Cc1cc(CN2CC[C@]3(C[C@@H](OCc4cccnc4)CO3)C2)no1. The summed E-state index contributed by atoms with van der Waals surface area (Å²) in [4.78, 5) is 6.51. The minimum atomic E-state index is -0.0572. The number of rotatable bonds is 5. The van der Waals surface area contributed by atoms with Gasteiger partial charge in [0.15, 0.2) is 0 Å². The number of ether oxygens (including phenoxy) is 2. The van der Waals surface area contributed by atoms with Gasteiger partial charge < -0.3 is 14.0 Å². The summed E-state index contributed by atoms with van der Waals surface area (Å²) < 4.78 is 17.3. The van der Waals surface area contributed by atoms with E-state index in [0.29, 0.717) is 13.2 Å². The van der Waals surface area contributed by atoms with Crippen molar-refractivity contribution < 1.29 is 14.0 Å². The highest BCUT2D eigenvalue weighted by Gasteiger charge is 2.45. The first-order chi connectivity index (χ1) is 11.7. The molecule has 6 nitrogen and oxygen atoms in total. The summed E-state index contributed by atoms with van der Waals surface area (Å²) in [6.45, 7) is 5.99. The van der Waals surface area contributed by atoms with Crippen molar-refractivity contribution in [2.24, 2.45) is 0 Å². The molecule has 1 spiro atoms. The van der Waals surface area contributed by atoms with Crippen LogP contribution in [0.25, 0.3) is 0 Å². The Morgan fingerprint density at radius 2 is 2.42 bits per heavy atom. The monoisotopic (exact) mass is 329 g/mol. The zero-order chi connectivity index (χ0) is 16.4. The molecule has 2 saturated heterocycles. The third kappa shape index (κ3) is 3.50. The molecule has 0 radical (unpaired) electrons. The molecule has 2 aliphatic rings. The number of likely N-dealkylation sites (tertiary alicyclic amines) is 1. The summed E-state index contributed by atoms with van der Waals surface area (Å²) in [5, 5.41) is 4.08. The largest absolute Gasteiger partial charge is 0.371 e. The normalized spacial score (nSPS) is 27.3. The zero-order valence-corrected chi connectivity index (χ0v) is 14.0. The fraction of sp³-hybridized carbons (Fsp3) is 0.556. The molecule has 0 amide bonds. The van der Waals surface area contributed by atoms with Crippen LogP contribution in [0.15, 0.2) is 35.1 Å². The summed E-state index contributed by atoms with van der Waals surface area (Å²) in [6.07, 6.45) is 5.81. The van der Waals surface area contributed by atoms with Crippen molar-refractivity contribution in [1.82, 2.24) is 15.0 Å². The Hall–Kier alpha value is -1.76. The van der Waals surface area contributed by atoms with Gasteiger partial charge in [0.05, 0.1) is 30.6 Å². The minimum absolute atomic E-state index is 0.0572. The molecular formula is C18H23N3O3. The molecule has 0 saturated carbocycles. The topological polar surface area (TPSA) is 60.6 Å². The maximum atomic E-state index is 6.15. The van der Waals surface area contributed by atoms with Crippen molar-refractivity contribution in [2.75, 3.05) is 19.7 Å². The number of hydrogen-bond donors (Lipinski definition) is 0. The molecule has 4 heterocycles. The predicted octanol–water partition coefficient (Wildman–Crippen LogP) is 2.33. The van der Waals surface area contributed by atoms with Gasteiger partial charge in [-0.25, -0.2) is 0 Å². The Kier molecular flexibility index (Phi) is 4.35. The van der Waals surface area contributed by atoms with Crippen LogP contribution in [0.4, 0.5) is 0 Å². The maximum absolute atomic E-state index is 6.15. The van der Waals surface area contributed by atoms with E-state index in [1.807, 2.05) is 31.3 Å². The van der Waals surface area contributed by atoms with Crippen molar-refractivity contribution in [3.05, 3.63) is 47.6 Å². The average Bonchev–Trinajstić information content (AvgIpc) is 3.29. The maximum Gasteiger partial charge on any atom is 0.133 e. The van der Waals surface area contributed by atoms with E-state index in [0.717, 1.165) is 49.5 Å². The van der Waals surface area contributed by atoms with Gasteiger partial charge in [0.2, 0.25) is 0 Å². The van der Waals surface area contributed by atoms with Crippen molar-refractivity contribution in [3.8, 4) is 0 Å². The second kappa shape index (κ2) is 6.63. The van der Waals surface area contributed by atoms with Crippen molar-refractivity contribution in [2.45, 2.75) is 44.6 Å². The standard InChI is InChI=1S/C18H23N3O3/c1-14-7-16(20-24-14)10-21-6-4-18(13-21)8-17(12-23-18)22-11-15-3-2-5-19-9-15/h2-3,5,7,9,17H,4,6,8,10-13H2,1H3/t17-,18+/m1/s1. The van der Waals surface area contributed by atoms with Crippen LogP contribution in [-0.4, -0.2) is 46.4 Å². The summed E-state index contributed by atoms with van der Waals surface area (Å²) >= 11 is 0. The summed E-state index contributed by atoms with van der Waals surface area (Å²) in [5.74, 6) is 0.861. The van der Waals surface area contributed by atoms with Gasteiger partial charge in [-0.2, -0.15) is 0 Å². The Balaban J connectivity index is 1.28. The lowest BCUT2D eigenvalue weighted by molar-refractivity contribution is -0.000535. The van der Waals surface area contributed by atoms with E-state index in [4.69, 9.17) is 14.0 Å². The van der Waals surface area contributed by atoms with E-state index in [9.17, 15) is 0 Å². The smallest absolute Gasteiger partial charge is 0.133 e. The average molecular weight is 329 g/mol. The van der Waals surface area contributed by atoms with Crippen LogP contribution >= 0.6 is 0 Å². The van der Waals surface area contributed by atoms with Crippen LogP contribution in [0.1, 0.15) is 29.9 Å². The molecule has 6 heteroatoms. The van der Waals surface area contributed by atoms with Gasteiger partial charge in [0.1, 0.15) is 5.76 Å². The van der Waals surface area contributed by atoms with Crippen LogP contribution in [0.3, 0.4) is 0 Å². The van der Waals surface area contributed by atoms with Gasteiger partial charge in [-0.05, 0) is 25.0 Å². The highest BCUT2D eigenvalue weighted by atomic mass is 16.6. The van der Waals surface area contributed by atoms with E-state index in [2.05, 4.69) is 15.0 Å². The van der Waals surface area contributed by atoms with Gasteiger partial charge in [-0.3, -0.25) is 9.88 Å². The van der Waals surface area contributed by atoms with Crippen molar-refractivity contribution in [1.29, 1.82) is 0 Å². The van der Waals surface area contributed by atoms with Crippen LogP contribution in [0, 0.1) is 6.92 Å². The zero-order valence-electron chi connectivity index (χ0n) is 14.0. The number of aromatic nitrogens is 2. The predicted molar refractivity (Wildman–Crippen MR) is 87.2 cm³/mol. The van der Waals surface area contributed by atoms with Gasteiger partial charge in [-0.15, -0.1) is 0 Å². The van der Waals surface area contributed by atoms with Crippen LogP contribution in [-0.2, 0) is 22.6 Å². The Labute approximate surface area is 141 Å². The van der Waals surface area contributed by atoms with E-state index in [-0.39, 0.29) is 11.7 Å². The number of nitrogens with zero attached hydrogens (tertiary/aromatic N) is 3. The lowest BCUT2D eigenvalue weighted by Gasteiger charge is -2.23. The van der Waals surface area contributed by atoms with Gasteiger partial charge >= 0.3 is 0 Å². The van der Waals surface area contributed by atoms with Gasteiger partial charge in [-0.1, -0.05) is 11.2 Å². The van der Waals surface area contributed by atoms with Crippen molar-refractivity contribution >= 4 is 0 Å². The molecule has 0 aromatic carbocycles. The summed E-state index contributed by atoms with van der Waals surface area (Å²) in [7, 11) is 0. The molecular weight excluding hydrogens is 306 g/mol. The van der Waals surface area contributed by atoms with E-state index in [1.54, 1.807) is 6.20 Å². The van der Waals surface area contributed by atoms with E-state index < -0.39 is 0 Å². The minimum Gasteiger partial charge on any atom is -0.371 e. The molecule has 2 atom stereocenters. The first-order valence-electron chi connectivity index (χ1n) is 8.50. The molecule has 24 heavy (non-hydrogen) atoms. The van der Waals surface area contributed by atoms with Crippen LogP contribution in [0.2, 0.25) is 0 Å². The second-order valence-corrected chi connectivity index (χ2v) is 6.88. The summed E-state index contributed by atoms with van der Waals surface area (Å²) in [5.41, 5.74) is 2.04. The first-order valence-corrected chi connectivity index (χ1v) is 8.50. The highest BCUT2D eigenvalue weighted by molar-refractivity contribution is 5.08. The van der Waals surface area contributed by atoms with Gasteiger partial charge in [0, 0.05) is 44.5 Å². The molecule has 2 aromatic heterocycles. The highest BCUT2D eigenvalue weighted by Crippen LogP contribution is 2.36. The number of pyridine rings is 1. The molecule has 2 aromatic rings. The fourth-order valence-corrected chi connectivity index (χ4v) is 3.68. The van der Waals surface area contributed by atoms with E-state index in [1.165, 1.54) is 0 Å². The fourth-order valence-electron chi connectivity index (χ4n) is 3.68. The van der Waals surface area contributed by atoms with Crippen LogP contribution in [0.5, 0.6) is 0 Å². The summed E-state index contributed by atoms with van der Waals surface area (Å²) in [6, 6.07) is 5.97. The Morgan fingerprint density at radius 1 is 1.46 bits per heavy atom. The second-order valence-electron chi connectivity index (χ2n) is 6.88.